The molecule has 1 aliphatic heterocycles. The third-order valence-electron chi connectivity index (χ3n) is 7.66. The SMILES string of the molecule is CCN1C2=C(C(=O)CCC2)C(c2ccc(OCC(=O)Nc3ccc(OC)cc3)c(OC)c2)C2=C1CCCC2=O. The first-order valence-corrected chi connectivity index (χ1v) is 13.5. The lowest BCUT2D eigenvalue weighted by molar-refractivity contribution is -0.118. The quantitative estimate of drug-likeness (QED) is 0.504. The minimum atomic E-state index is -0.417. The van der Waals surface area contributed by atoms with Crippen molar-refractivity contribution in [2.24, 2.45) is 0 Å². The van der Waals surface area contributed by atoms with E-state index in [1.54, 1.807) is 37.4 Å². The van der Waals surface area contributed by atoms with E-state index in [0.717, 1.165) is 60.3 Å². The number of Topliss-reactive ketones (excluding diaryl/α,β-unsaturated/α-hetero) is 2. The third-order valence-corrected chi connectivity index (χ3v) is 7.66. The summed E-state index contributed by atoms with van der Waals surface area (Å²) in [5.74, 6) is 1.04. The lowest BCUT2D eigenvalue weighted by Gasteiger charge is -2.43. The van der Waals surface area contributed by atoms with Gasteiger partial charge < -0.3 is 24.4 Å². The number of hydrogen-bond donors (Lipinski definition) is 1. The number of methoxy groups -OCH3 is 2. The van der Waals surface area contributed by atoms with Gasteiger partial charge in [-0.05, 0) is 74.6 Å². The minimum absolute atomic E-state index is 0.110. The number of rotatable bonds is 8. The average Bonchev–Trinajstić information content (AvgIpc) is 2.95. The van der Waals surface area contributed by atoms with Gasteiger partial charge in [0.2, 0.25) is 0 Å². The van der Waals surface area contributed by atoms with E-state index in [9.17, 15) is 14.4 Å². The lowest BCUT2D eigenvalue weighted by atomic mass is 9.71. The van der Waals surface area contributed by atoms with Crippen LogP contribution in [0.3, 0.4) is 0 Å². The molecular formula is C31H34N2O6. The summed E-state index contributed by atoms with van der Waals surface area (Å²) in [6, 6.07) is 12.5. The maximum absolute atomic E-state index is 13.3. The second kappa shape index (κ2) is 11.4. The van der Waals surface area contributed by atoms with E-state index in [-0.39, 0.29) is 24.1 Å². The molecule has 0 fully saturated rings. The predicted octanol–water partition coefficient (Wildman–Crippen LogP) is 5.15. The van der Waals surface area contributed by atoms with Crippen LogP contribution in [0, 0.1) is 0 Å². The number of amides is 1. The standard InChI is InChI=1S/C31H34N2O6/c1-4-33-22-7-5-9-24(34)30(22)29(31-23(33)8-6-10-25(31)35)19-11-16-26(27(17-19)38-3)39-18-28(36)32-20-12-14-21(37-2)15-13-20/h11-17,29H,4-10,18H2,1-3H3,(H,32,36). The topological polar surface area (TPSA) is 94.2 Å². The van der Waals surface area contributed by atoms with Crippen LogP contribution in [0.2, 0.25) is 0 Å². The summed E-state index contributed by atoms with van der Waals surface area (Å²) in [4.78, 5) is 41.3. The van der Waals surface area contributed by atoms with Gasteiger partial charge >= 0.3 is 0 Å². The van der Waals surface area contributed by atoms with E-state index in [1.165, 1.54) is 7.11 Å². The fourth-order valence-corrected chi connectivity index (χ4v) is 5.93. The molecule has 8 nitrogen and oxygen atoms in total. The van der Waals surface area contributed by atoms with Crippen LogP contribution < -0.4 is 19.5 Å². The lowest BCUT2D eigenvalue weighted by Crippen LogP contribution is -2.39. The number of nitrogens with one attached hydrogen (secondary N) is 1. The number of ketones is 2. The summed E-state index contributed by atoms with van der Waals surface area (Å²) in [5, 5.41) is 2.79. The summed E-state index contributed by atoms with van der Waals surface area (Å²) < 4.78 is 16.6. The molecule has 2 aliphatic carbocycles. The Morgan fingerprint density at radius 1 is 0.872 bits per heavy atom. The molecule has 1 N–H and O–H groups in total. The van der Waals surface area contributed by atoms with Crippen molar-refractivity contribution in [3.63, 3.8) is 0 Å². The first kappa shape index (κ1) is 26.5. The van der Waals surface area contributed by atoms with Crippen LogP contribution in [0.4, 0.5) is 5.69 Å². The van der Waals surface area contributed by atoms with E-state index in [1.807, 2.05) is 12.1 Å². The van der Waals surface area contributed by atoms with Gasteiger partial charge in [-0.2, -0.15) is 0 Å². The molecular weight excluding hydrogens is 496 g/mol. The van der Waals surface area contributed by atoms with Crippen LogP contribution >= 0.6 is 0 Å². The van der Waals surface area contributed by atoms with E-state index >= 15 is 0 Å². The number of ether oxygens (including phenoxy) is 3. The number of benzene rings is 2. The summed E-state index contributed by atoms with van der Waals surface area (Å²) >= 11 is 0. The normalized spacial score (nSPS) is 17.6. The largest absolute Gasteiger partial charge is 0.497 e. The zero-order chi connectivity index (χ0) is 27.5. The molecule has 8 heteroatoms. The van der Waals surface area contributed by atoms with Gasteiger partial charge in [0.1, 0.15) is 5.75 Å². The van der Waals surface area contributed by atoms with Crippen molar-refractivity contribution < 1.29 is 28.6 Å². The Balaban J connectivity index is 1.42. The third kappa shape index (κ3) is 5.15. The van der Waals surface area contributed by atoms with Crippen LogP contribution in [0.1, 0.15) is 56.9 Å². The summed E-state index contributed by atoms with van der Waals surface area (Å²) in [5.41, 5.74) is 5.05. The van der Waals surface area contributed by atoms with E-state index in [4.69, 9.17) is 14.2 Å². The summed E-state index contributed by atoms with van der Waals surface area (Å²) in [6.45, 7) is 2.60. The Hall–Kier alpha value is -4.07. The summed E-state index contributed by atoms with van der Waals surface area (Å²) in [7, 11) is 3.12. The molecule has 0 radical (unpaired) electrons. The smallest absolute Gasteiger partial charge is 0.262 e. The van der Waals surface area contributed by atoms with E-state index < -0.39 is 5.92 Å². The second-order valence-corrected chi connectivity index (χ2v) is 9.93. The molecule has 2 aromatic carbocycles. The predicted molar refractivity (Wildman–Crippen MR) is 147 cm³/mol. The number of hydrogen-bond acceptors (Lipinski definition) is 7. The maximum atomic E-state index is 13.3. The summed E-state index contributed by atoms with van der Waals surface area (Å²) in [6.07, 6.45) is 4.30. The van der Waals surface area contributed by atoms with Crippen molar-refractivity contribution in [1.29, 1.82) is 0 Å². The van der Waals surface area contributed by atoms with Gasteiger partial charge in [0, 0.05) is 53.5 Å². The van der Waals surface area contributed by atoms with Crippen LogP contribution in [-0.2, 0) is 14.4 Å². The molecule has 1 heterocycles. The Labute approximate surface area is 228 Å². The molecule has 2 aromatic rings. The van der Waals surface area contributed by atoms with Gasteiger partial charge in [-0.3, -0.25) is 14.4 Å². The van der Waals surface area contributed by atoms with Crippen molar-refractivity contribution in [1.82, 2.24) is 4.90 Å². The first-order valence-electron chi connectivity index (χ1n) is 13.5. The van der Waals surface area contributed by atoms with Gasteiger partial charge in [0.25, 0.3) is 5.91 Å². The van der Waals surface area contributed by atoms with Crippen molar-refractivity contribution >= 4 is 23.2 Å². The first-order chi connectivity index (χ1) is 18.9. The zero-order valence-corrected chi connectivity index (χ0v) is 22.7. The zero-order valence-electron chi connectivity index (χ0n) is 22.7. The van der Waals surface area contributed by atoms with Crippen LogP contribution in [0.25, 0.3) is 0 Å². The fraction of sp³-hybridized carbons (Fsp3) is 0.387. The monoisotopic (exact) mass is 530 g/mol. The van der Waals surface area contributed by atoms with Crippen molar-refractivity contribution in [3.05, 3.63) is 70.6 Å². The number of allylic oxidation sites excluding steroid dienone is 4. The Bertz CT molecular complexity index is 1310. The van der Waals surface area contributed by atoms with E-state index in [0.29, 0.717) is 35.8 Å². The molecule has 204 valence electrons. The number of anilines is 1. The highest BCUT2D eigenvalue weighted by Crippen LogP contribution is 2.49. The molecule has 5 rings (SSSR count). The van der Waals surface area contributed by atoms with Crippen molar-refractivity contribution in [2.75, 3.05) is 32.7 Å². The minimum Gasteiger partial charge on any atom is -0.497 e. The fourth-order valence-electron chi connectivity index (χ4n) is 5.93. The van der Waals surface area contributed by atoms with Gasteiger partial charge in [-0.1, -0.05) is 6.07 Å². The second-order valence-electron chi connectivity index (χ2n) is 9.93. The van der Waals surface area contributed by atoms with Crippen LogP contribution in [-0.4, -0.2) is 49.7 Å². The highest BCUT2D eigenvalue weighted by atomic mass is 16.5. The van der Waals surface area contributed by atoms with E-state index in [2.05, 4.69) is 17.1 Å². The molecule has 3 aliphatic rings. The molecule has 0 spiro atoms. The Kier molecular flexibility index (Phi) is 7.72. The maximum Gasteiger partial charge on any atom is 0.262 e. The highest BCUT2D eigenvalue weighted by Gasteiger charge is 2.43. The van der Waals surface area contributed by atoms with Crippen LogP contribution in [0.5, 0.6) is 17.2 Å². The Morgan fingerprint density at radius 2 is 1.51 bits per heavy atom. The molecule has 0 saturated heterocycles. The molecule has 0 aromatic heterocycles. The average molecular weight is 531 g/mol. The Morgan fingerprint density at radius 3 is 2.08 bits per heavy atom. The molecule has 0 unspecified atom stereocenters. The van der Waals surface area contributed by atoms with Crippen LogP contribution in [0.15, 0.2) is 65.0 Å². The highest BCUT2D eigenvalue weighted by molar-refractivity contribution is 6.06. The van der Waals surface area contributed by atoms with Gasteiger partial charge in [-0.25, -0.2) is 0 Å². The van der Waals surface area contributed by atoms with Crippen molar-refractivity contribution in [3.8, 4) is 17.2 Å². The van der Waals surface area contributed by atoms with Gasteiger partial charge in [0.05, 0.1) is 14.2 Å². The number of nitrogens with zero attached hydrogens (tertiary/aromatic N) is 1. The molecule has 39 heavy (non-hydrogen) atoms. The molecule has 0 bridgehead atoms. The number of carbonyl (C=O) groups is 3. The molecule has 0 atom stereocenters. The molecule has 1 amide bonds. The number of carbonyl (C=O) groups excluding carboxylic acids is 3. The van der Waals surface area contributed by atoms with Crippen molar-refractivity contribution in [2.45, 2.75) is 51.4 Å². The molecule has 0 saturated carbocycles. The van der Waals surface area contributed by atoms with Gasteiger partial charge in [0.15, 0.2) is 29.7 Å². The van der Waals surface area contributed by atoms with Gasteiger partial charge in [-0.15, -0.1) is 0 Å².